The molecule has 29 heavy (non-hydrogen) atoms. The Hall–Kier alpha value is -3.34. The van der Waals surface area contributed by atoms with Gasteiger partial charge in [-0.3, -0.25) is 10.1 Å². The van der Waals surface area contributed by atoms with Crippen molar-refractivity contribution in [2.24, 2.45) is 5.92 Å². The minimum Gasteiger partial charge on any atom is -0.451 e. The number of carbonyl (C=O) groups is 3. The maximum absolute atomic E-state index is 12.1. The molecule has 0 aromatic carbocycles. The van der Waals surface area contributed by atoms with E-state index in [-0.39, 0.29) is 12.1 Å². The molecule has 0 atom stereocenters. The van der Waals surface area contributed by atoms with Crippen molar-refractivity contribution in [2.45, 2.75) is 40.7 Å². The largest absolute Gasteiger partial charge is 0.451 e. The number of nitrogens with zero attached hydrogens (tertiary/aromatic N) is 2. The van der Waals surface area contributed by atoms with Gasteiger partial charge in [0.05, 0.1) is 0 Å². The molecule has 0 aliphatic rings. The molecule has 8 heteroatoms. The number of amides is 3. The molecule has 1 aromatic rings. The number of ether oxygens (including phenoxy) is 1. The van der Waals surface area contributed by atoms with Crippen LogP contribution in [-0.4, -0.2) is 35.6 Å². The molecule has 8 nitrogen and oxygen atoms in total. The number of esters is 1. The first-order valence-corrected chi connectivity index (χ1v) is 9.33. The third-order valence-corrected chi connectivity index (χ3v) is 4.18. The van der Waals surface area contributed by atoms with E-state index in [9.17, 15) is 19.6 Å². The Morgan fingerprint density at radius 2 is 2.03 bits per heavy atom. The second-order valence-electron chi connectivity index (χ2n) is 6.95. The van der Waals surface area contributed by atoms with Crippen molar-refractivity contribution in [2.75, 3.05) is 13.2 Å². The van der Waals surface area contributed by atoms with Crippen molar-refractivity contribution in [1.29, 1.82) is 5.26 Å². The highest BCUT2D eigenvalue weighted by Gasteiger charge is 2.16. The normalized spacial score (nSPS) is 11.0. The van der Waals surface area contributed by atoms with Crippen LogP contribution < -0.4 is 10.6 Å². The summed E-state index contributed by atoms with van der Waals surface area (Å²) in [4.78, 5) is 35.1. The van der Waals surface area contributed by atoms with E-state index >= 15 is 0 Å². The summed E-state index contributed by atoms with van der Waals surface area (Å²) in [5, 5.41) is 13.7. The number of urea groups is 1. The molecule has 0 spiro atoms. The van der Waals surface area contributed by atoms with Gasteiger partial charge in [-0.05, 0) is 43.9 Å². The molecule has 0 radical (unpaired) electrons. The van der Waals surface area contributed by atoms with Gasteiger partial charge in [0.1, 0.15) is 11.6 Å². The first-order valence-electron chi connectivity index (χ1n) is 9.33. The monoisotopic (exact) mass is 400 g/mol. The maximum atomic E-state index is 12.1. The maximum Gasteiger partial charge on any atom is 0.349 e. The molecule has 0 unspecified atom stereocenters. The van der Waals surface area contributed by atoms with E-state index in [1.54, 1.807) is 6.07 Å². The number of nitriles is 1. The lowest BCUT2D eigenvalue weighted by Crippen LogP contribution is -2.41. The van der Waals surface area contributed by atoms with Gasteiger partial charge in [0.2, 0.25) is 0 Å². The van der Waals surface area contributed by atoms with Gasteiger partial charge in [0, 0.05) is 24.5 Å². The van der Waals surface area contributed by atoms with Gasteiger partial charge in [0.25, 0.3) is 5.91 Å². The first kappa shape index (κ1) is 23.7. The minimum atomic E-state index is -0.930. The van der Waals surface area contributed by atoms with Gasteiger partial charge < -0.3 is 14.6 Å². The van der Waals surface area contributed by atoms with E-state index in [4.69, 9.17) is 4.74 Å². The summed E-state index contributed by atoms with van der Waals surface area (Å²) in [7, 11) is 0. The van der Waals surface area contributed by atoms with E-state index in [0.29, 0.717) is 5.92 Å². The summed E-state index contributed by atoms with van der Waals surface area (Å²) < 4.78 is 6.98. The number of nitrogens with one attached hydrogen (secondary N) is 2. The van der Waals surface area contributed by atoms with E-state index < -0.39 is 24.5 Å². The molecule has 0 bridgehead atoms. The lowest BCUT2D eigenvalue weighted by Gasteiger charge is -2.11. The number of hydrogen-bond acceptors (Lipinski definition) is 5. The van der Waals surface area contributed by atoms with Gasteiger partial charge >= 0.3 is 12.0 Å². The quantitative estimate of drug-likeness (QED) is 0.286. The number of aryl methyl sites for hydroxylation is 1. The Morgan fingerprint density at radius 1 is 1.34 bits per heavy atom. The van der Waals surface area contributed by atoms with Gasteiger partial charge in [0.15, 0.2) is 6.61 Å². The van der Waals surface area contributed by atoms with Crippen molar-refractivity contribution in [3.8, 4) is 6.07 Å². The molecule has 1 aromatic heterocycles. The average molecular weight is 400 g/mol. The minimum absolute atomic E-state index is 0.190. The average Bonchev–Trinajstić information content (AvgIpc) is 2.93. The van der Waals surface area contributed by atoms with E-state index in [1.807, 2.05) is 25.2 Å². The van der Waals surface area contributed by atoms with Crippen molar-refractivity contribution in [3.05, 3.63) is 41.2 Å². The fourth-order valence-corrected chi connectivity index (χ4v) is 2.58. The summed E-state index contributed by atoms with van der Waals surface area (Å²) >= 11 is 0. The summed E-state index contributed by atoms with van der Waals surface area (Å²) in [5.41, 5.74) is 2.50. The summed E-state index contributed by atoms with van der Waals surface area (Å²) in [5.74, 6) is -1.17. The van der Waals surface area contributed by atoms with Crippen LogP contribution in [0, 0.1) is 31.1 Å². The van der Waals surface area contributed by atoms with Crippen LogP contribution in [0.1, 0.15) is 37.2 Å². The van der Waals surface area contributed by atoms with Crippen LogP contribution in [0.25, 0.3) is 6.08 Å². The molecule has 0 aliphatic heterocycles. The molecule has 0 saturated heterocycles. The molecule has 0 fully saturated rings. The molecule has 0 saturated carbocycles. The van der Waals surface area contributed by atoms with Crippen molar-refractivity contribution in [1.82, 2.24) is 15.2 Å². The van der Waals surface area contributed by atoms with Crippen molar-refractivity contribution in [3.63, 3.8) is 0 Å². The lowest BCUT2D eigenvalue weighted by molar-refractivity contribution is -0.144. The Balaban J connectivity index is 2.78. The van der Waals surface area contributed by atoms with Crippen LogP contribution in [0.5, 0.6) is 0 Å². The zero-order chi connectivity index (χ0) is 22.0. The third kappa shape index (κ3) is 7.66. The van der Waals surface area contributed by atoms with Crippen molar-refractivity contribution < 1.29 is 19.1 Å². The van der Waals surface area contributed by atoms with Crippen LogP contribution in [0.3, 0.4) is 0 Å². The third-order valence-electron chi connectivity index (χ3n) is 4.18. The highest BCUT2D eigenvalue weighted by atomic mass is 16.5. The second kappa shape index (κ2) is 11.5. The zero-order valence-corrected chi connectivity index (χ0v) is 17.4. The van der Waals surface area contributed by atoms with Crippen LogP contribution in [-0.2, 0) is 20.9 Å². The Bertz CT molecular complexity index is 844. The van der Waals surface area contributed by atoms with Crippen LogP contribution >= 0.6 is 0 Å². The highest BCUT2D eigenvalue weighted by molar-refractivity contribution is 6.00. The zero-order valence-electron chi connectivity index (χ0n) is 17.4. The fourth-order valence-electron chi connectivity index (χ4n) is 2.58. The Labute approximate surface area is 171 Å². The van der Waals surface area contributed by atoms with E-state index in [1.165, 1.54) is 12.2 Å². The van der Waals surface area contributed by atoms with Gasteiger partial charge in [-0.25, -0.2) is 9.59 Å². The highest BCUT2D eigenvalue weighted by Crippen LogP contribution is 2.20. The first-order chi connectivity index (χ1) is 13.7. The smallest absolute Gasteiger partial charge is 0.349 e. The van der Waals surface area contributed by atoms with Gasteiger partial charge in [-0.2, -0.15) is 5.26 Å². The number of carbonyl (C=O) groups excluding carboxylic acids is 3. The molecule has 2 N–H and O–H groups in total. The van der Waals surface area contributed by atoms with Crippen LogP contribution in [0.2, 0.25) is 0 Å². The van der Waals surface area contributed by atoms with Crippen LogP contribution in [0.15, 0.2) is 24.3 Å². The standard InChI is InChI=1S/C21H28N4O4/c1-6-8-23-21(28)24-19(26)13-29-20(27)18(12-22)11-17-10-15(4)25(16(17)5)9-7-14(2)3/h6,10-11,14H,1,7-9,13H2,2-5H3,(H2,23,24,26,28). The topological polar surface area (TPSA) is 113 Å². The van der Waals surface area contributed by atoms with Crippen molar-refractivity contribution >= 4 is 24.0 Å². The number of hydrogen-bond donors (Lipinski definition) is 2. The predicted octanol–water partition coefficient (Wildman–Crippen LogP) is 2.61. The van der Waals surface area contributed by atoms with Gasteiger partial charge in [-0.1, -0.05) is 19.9 Å². The fraction of sp³-hybridized carbons (Fsp3) is 0.429. The molecule has 156 valence electrons. The summed E-state index contributed by atoms with van der Waals surface area (Å²) in [6.07, 6.45) is 3.92. The predicted molar refractivity (Wildman–Crippen MR) is 110 cm³/mol. The van der Waals surface area contributed by atoms with E-state index in [0.717, 1.165) is 29.9 Å². The Kier molecular flexibility index (Phi) is 9.39. The Morgan fingerprint density at radius 3 is 2.62 bits per heavy atom. The molecule has 1 rings (SSSR count). The second-order valence-corrected chi connectivity index (χ2v) is 6.95. The molecule has 3 amide bonds. The van der Waals surface area contributed by atoms with Crippen LogP contribution in [0.4, 0.5) is 4.79 Å². The number of aromatic nitrogens is 1. The lowest BCUT2D eigenvalue weighted by atomic mass is 10.1. The van der Waals surface area contributed by atoms with Gasteiger partial charge in [-0.15, -0.1) is 6.58 Å². The molecule has 0 aliphatic carbocycles. The molecular weight excluding hydrogens is 372 g/mol. The number of rotatable bonds is 9. The molecular formula is C21H28N4O4. The number of imide groups is 1. The SMILES string of the molecule is C=CCNC(=O)NC(=O)COC(=O)C(C#N)=Cc1cc(C)n(CCC(C)C)c1C. The molecule has 1 heterocycles. The summed E-state index contributed by atoms with van der Waals surface area (Å²) in [6.45, 7) is 12.0. The van der Waals surface area contributed by atoms with E-state index in [2.05, 4.69) is 30.3 Å². The summed E-state index contributed by atoms with van der Waals surface area (Å²) in [6, 6.07) is 2.98.